The van der Waals surface area contributed by atoms with Gasteiger partial charge in [-0.3, -0.25) is 14.7 Å². The number of hydrogen-bond donors (Lipinski definition) is 1. The zero-order valence-corrected chi connectivity index (χ0v) is 16.9. The number of hydrogen-bond acceptors (Lipinski definition) is 6. The summed E-state index contributed by atoms with van der Waals surface area (Å²) in [5, 5.41) is 3.37. The minimum Gasteiger partial charge on any atom is -0.366 e. The molecule has 1 saturated heterocycles. The number of aryl methyl sites for hydroxylation is 1. The lowest BCUT2D eigenvalue weighted by Gasteiger charge is -2.25. The molecule has 7 nitrogen and oxygen atoms in total. The Hall–Kier alpha value is -3.09. The molecule has 2 aromatic rings. The van der Waals surface area contributed by atoms with Gasteiger partial charge in [-0.15, -0.1) is 0 Å². The monoisotopic (exact) mass is 388 g/mol. The average Bonchev–Trinajstić information content (AvgIpc) is 3.49. The van der Waals surface area contributed by atoms with Crippen LogP contribution in [0.3, 0.4) is 0 Å². The van der Waals surface area contributed by atoms with Gasteiger partial charge in [-0.05, 0) is 37.8 Å². The lowest BCUT2D eigenvalue weighted by molar-refractivity contribution is -0.125. The molecule has 0 spiro atoms. The molecule has 3 aliphatic rings. The van der Waals surface area contributed by atoms with Gasteiger partial charge >= 0.3 is 0 Å². The summed E-state index contributed by atoms with van der Waals surface area (Å²) < 4.78 is 0. The summed E-state index contributed by atoms with van der Waals surface area (Å²) >= 11 is 0. The van der Waals surface area contributed by atoms with Crippen molar-refractivity contribution in [1.29, 1.82) is 0 Å². The fraction of sp³-hybridized carbons (Fsp3) is 0.409. The summed E-state index contributed by atoms with van der Waals surface area (Å²) in [5.74, 6) is 2.19. The number of nitrogens with zero attached hydrogens (tertiary/aromatic N) is 5. The van der Waals surface area contributed by atoms with E-state index in [1.165, 1.54) is 0 Å². The van der Waals surface area contributed by atoms with Crippen LogP contribution in [0.4, 0.5) is 11.6 Å². The molecule has 0 radical (unpaired) electrons. The SMILES string of the molecule is Cc1ncc(C2=CCC3C(=C2)N(c2cncc(NC4CC4)n2)C(=O)C3(C)C)cn1. The van der Waals surface area contributed by atoms with Gasteiger partial charge in [0.1, 0.15) is 11.6 Å². The van der Waals surface area contributed by atoms with E-state index >= 15 is 0 Å². The third-order valence-corrected chi connectivity index (χ3v) is 6.01. The summed E-state index contributed by atoms with van der Waals surface area (Å²) in [5.41, 5.74) is 2.45. The van der Waals surface area contributed by atoms with Gasteiger partial charge in [-0.25, -0.2) is 15.0 Å². The molecule has 0 bridgehead atoms. The van der Waals surface area contributed by atoms with Crippen LogP contribution in [-0.2, 0) is 4.79 Å². The van der Waals surface area contributed by atoms with Crippen LogP contribution < -0.4 is 10.2 Å². The Morgan fingerprint density at radius 1 is 1.14 bits per heavy atom. The molecule has 2 aromatic heterocycles. The van der Waals surface area contributed by atoms with Crippen molar-refractivity contribution in [3.8, 4) is 0 Å². The highest BCUT2D eigenvalue weighted by molar-refractivity contribution is 6.04. The first-order valence-corrected chi connectivity index (χ1v) is 10.1. The van der Waals surface area contributed by atoms with Crippen LogP contribution >= 0.6 is 0 Å². The van der Waals surface area contributed by atoms with E-state index in [1.807, 2.05) is 33.2 Å². The van der Waals surface area contributed by atoms with Gasteiger partial charge in [-0.1, -0.05) is 19.9 Å². The van der Waals surface area contributed by atoms with Gasteiger partial charge in [-0.2, -0.15) is 0 Å². The summed E-state index contributed by atoms with van der Waals surface area (Å²) in [7, 11) is 0. The maximum Gasteiger partial charge on any atom is 0.238 e. The molecule has 1 atom stereocenters. The molecule has 7 heteroatoms. The first kappa shape index (κ1) is 18.0. The van der Waals surface area contributed by atoms with Crippen molar-refractivity contribution >= 4 is 23.1 Å². The lowest BCUT2D eigenvalue weighted by atomic mass is 9.75. The van der Waals surface area contributed by atoms with E-state index in [0.717, 1.165) is 47.7 Å². The standard InChI is InChI=1S/C22H24N6O/c1-13-24-9-15(10-25-13)14-4-7-17-18(8-14)28(21(29)22(17,2)3)20-12-23-11-19(27-20)26-16-5-6-16/h4,8-12,16-17H,5-7H2,1-3H3,(H,26,27). The summed E-state index contributed by atoms with van der Waals surface area (Å²) in [4.78, 5) is 32.8. The van der Waals surface area contributed by atoms with Gasteiger partial charge in [0.05, 0.1) is 17.8 Å². The Morgan fingerprint density at radius 3 is 2.62 bits per heavy atom. The van der Waals surface area contributed by atoms with Crippen molar-refractivity contribution < 1.29 is 4.79 Å². The minimum atomic E-state index is -0.501. The smallest absolute Gasteiger partial charge is 0.238 e. The molecule has 0 aromatic carbocycles. The number of allylic oxidation sites excluding steroid dienone is 4. The highest BCUT2D eigenvalue weighted by Crippen LogP contribution is 2.50. The van der Waals surface area contributed by atoms with E-state index < -0.39 is 5.41 Å². The maximum absolute atomic E-state index is 13.4. The topological polar surface area (TPSA) is 83.9 Å². The largest absolute Gasteiger partial charge is 0.366 e. The molecule has 148 valence electrons. The Morgan fingerprint density at radius 2 is 1.90 bits per heavy atom. The molecule has 1 N–H and O–H groups in total. The number of fused-ring (bicyclic) bond motifs is 1. The Labute approximate surface area is 170 Å². The molecule has 3 heterocycles. The van der Waals surface area contributed by atoms with Crippen LogP contribution in [0.1, 0.15) is 44.5 Å². The number of rotatable bonds is 4. The number of aromatic nitrogens is 4. The van der Waals surface area contributed by atoms with Crippen molar-refractivity contribution in [2.75, 3.05) is 10.2 Å². The van der Waals surface area contributed by atoms with Crippen molar-refractivity contribution in [1.82, 2.24) is 19.9 Å². The predicted molar refractivity (Wildman–Crippen MR) is 111 cm³/mol. The van der Waals surface area contributed by atoms with E-state index in [-0.39, 0.29) is 11.8 Å². The van der Waals surface area contributed by atoms with E-state index in [1.54, 1.807) is 17.3 Å². The number of anilines is 2. The molecule has 5 rings (SSSR count). The van der Waals surface area contributed by atoms with Crippen LogP contribution in [0, 0.1) is 18.3 Å². The molecule has 1 aliphatic heterocycles. The molecule has 1 saturated carbocycles. The number of nitrogens with one attached hydrogen (secondary N) is 1. The molecule has 29 heavy (non-hydrogen) atoms. The fourth-order valence-electron chi connectivity index (χ4n) is 4.07. The van der Waals surface area contributed by atoms with Crippen LogP contribution in [0.2, 0.25) is 0 Å². The van der Waals surface area contributed by atoms with Crippen molar-refractivity contribution in [2.45, 2.75) is 46.1 Å². The Balaban J connectivity index is 1.54. The van der Waals surface area contributed by atoms with Gasteiger partial charge in [0.25, 0.3) is 0 Å². The quantitative estimate of drug-likeness (QED) is 0.863. The summed E-state index contributed by atoms with van der Waals surface area (Å²) in [6, 6.07) is 0.475. The molecule has 2 aliphatic carbocycles. The van der Waals surface area contributed by atoms with E-state index in [0.29, 0.717) is 11.9 Å². The van der Waals surface area contributed by atoms with E-state index in [9.17, 15) is 4.79 Å². The average molecular weight is 388 g/mol. The van der Waals surface area contributed by atoms with E-state index in [4.69, 9.17) is 4.98 Å². The van der Waals surface area contributed by atoms with Gasteiger partial charge < -0.3 is 5.32 Å². The zero-order valence-electron chi connectivity index (χ0n) is 16.9. The lowest BCUT2D eigenvalue weighted by Crippen LogP contribution is -2.32. The Kier molecular flexibility index (Phi) is 4.01. The second-order valence-corrected chi connectivity index (χ2v) is 8.58. The van der Waals surface area contributed by atoms with Crippen molar-refractivity contribution in [3.05, 3.63) is 54.0 Å². The minimum absolute atomic E-state index is 0.0569. The molecule has 2 fully saturated rings. The third-order valence-electron chi connectivity index (χ3n) is 6.01. The van der Waals surface area contributed by atoms with Gasteiger partial charge in [0.15, 0.2) is 5.82 Å². The normalized spacial score (nSPS) is 22.8. The maximum atomic E-state index is 13.4. The second kappa shape index (κ2) is 6.47. The molecule has 1 unspecified atom stereocenters. The van der Waals surface area contributed by atoms with Gasteiger partial charge in [0.2, 0.25) is 5.91 Å². The van der Waals surface area contributed by atoms with Crippen LogP contribution in [-0.4, -0.2) is 31.9 Å². The van der Waals surface area contributed by atoms with Gasteiger partial charge in [0, 0.05) is 35.6 Å². The summed E-state index contributed by atoms with van der Waals surface area (Å²) in [6.45, 7) is 5.90. The second-order valence-electron chi connectivity index (χ2n) is 8.58. The van der Waals surface area contributed by atoms with Crippen molar-refractivity contribution in [3.63, 3.8) is 0 Å². The zero-order chi connectivity index (χ0) is 20.2. The van der Waals surface area contributed by atoms with Crippen LogP contribution in [0.5, 0.6) is 0 Å². The number of carbonyl (C=O) groups excluding carboxylic acids is 1. The molecular formula is C22H24N6O. The summed E-state index contributed by atoms with van der Waals surface area (Å²) in [6.07, 6.45) is 14.4. The number of carbonyl (C=O) groups is 1. The number of amides is 1. The third kappa shape index (κ3) is 3.10. The van der Waals surface area contributed by atoms with Crippen LogP contribution in [0.25, 0.3) is 5.57 Å². The first-order valence-electron chi connectivity index (χ1n) is 10.1. The molecule has 1 amide bonds. The first-order chi connectivity index (χ1) is 13.9. The predicted octanol–water partition coefficient (Wildman–Crippen LogP) is 3.51. The Bertz CT molecular complexity index is 1040. The fourth-order valence-corrected chi connectivity index (χ4v) is 4.07. The van der Waals surface area contributed by atoms with Crippen LogP contribution in [0.15, 0.2) is 42.6 Å². The highest BCUT2D eigenvalue weighted by atomic mass is 16.2. The van der Waals surface area contributed by atoms with E-state index in [2.05, 4.69) is 32.4 Å². The van der Waals surface area contributed by atoms with Crippen molar-refractivity contribution in [2.24, 2.45) is 11.3 Å². The highest BCUT2D eigenvalue weighted by Gasteiger charge is 2.52. The molecular weight excluding hydrogens is 364 g/mol.